The fourth-order valence-electron chi connectivity index (χ4n) is 1.82. The Labute approximate surface area is 133 Å². The Morgan fingerprint density at radius 3 is 2.86 bits per heavy atom. The number of aryl methyl sites for hydroxylation is 1. The number of thioether (sulfide) groups is 1. The van der Waals surface area contributed by atoms with Crippen LogP contribution in [0, 0.1) is 0 Å². The van der Waals surface area contributed by atoms with Crippen LogP contribution in [0.2, 0.25) is 0 Å². The van der Waals surface area contributed by atoms with Crippen LogP contribution in [0.1, 0.15) is 45.5 Å². The molecular weight excluding hydrogens is 302 g/mol. The van der Waals surface area contributed by atoms with E-state index in [9.17, 15) is 4.79 Å². The summed E-state index contributed by atoms with van der Waals surface area (Å²) < 4.78 is 6.83. The molecule has 2 aromatic heterocycles. The molecule has 2 rings (SSSR count). The van der Waals surface area contributed by atoms with Gasteiger partial charge < -0.3 is 9.84 Å². The first-order valence-corrected chi connectivity index (χ1v) is 8.33. The lowest BCUT2D eigenvalue weighted by Gasteiger charge is -2.14. The van der Waals surface area contributed by atoms with Crippen molar-refractivity contribution in [2.75, 3.05) is 5.32 Å². The summed E-state index contributed by atoms with van der Waals surface area (Å²) in [5.41, 5.74) is 0. The van der Waals surface area contributed by atoms with E-state index in [2.05, 4.69) is 20.6 Å². The van der Waals surface area contributed by atoms with Crippen LogP contribution in [0.5, 0.6) is 0 Å². The summed E-state index contributed by atoms with van der Waals surface area (Å²) in [6.45, 7) is 7.85. The first-order chi connectivity index (χ1) is 10.5. The molecule has 0 saturated heterocycles. The summed E-state index contributed by atoms with van der Waals surface area (Å²) in [7, 11) is 0. The molecule has 0 fully saturated rings. The van der Waals surface area contributed by atoms with Gasteiger partial charge in [-0.2, -0.15) is 10.1 Å². The number of amides is 1. The van der Waals surface area contributed by atoms with Gasteiger partial charge in [0, 0.05) is 18.5 Å². The lowest BCUT2D eigenvalue weighted by atomic mass is 10.4. The molecule has 0 bridgehead atoms. The predicted molar refractivity (Wildman–Crippen MR) is 85.7 cm³/mol. The van der Waals surface area contributed by atoms with Gasteiger partial charge in [-0.1, -0.05) is 12.1 Å². The van der Waals surface area contributed by atoms with E-state index >= 15 is 0 Å². The normalized spacial score (nSPS) is 12.6. The average molecular weight is 323 g/mol. The van der Waals surface area contributed by atoms with E-state index in [0.717, 1.165) is 0 Å². The van der Waals surface area contributed by atoms with E-state index in [1.54, 1.807) is 16.9 Å². The third-order valence-corrected chi connectivity index (χ3v) is 4.19. The number of carbonyl (C=O) groups excluding carboxylic acids is 1. The lowest BCUT2D eigenvalue weighted by molar-refractivity contribution is -0.115. The molecule has 22 heavy (non-hydrogen) atoms. The summed E-state index contributed by atoms with van der Waals surface area (Å²) in [5, 5.41) is 10.8. The number of rotatable bonds is 7. The molecule has 0 aliphatic heterocycles. The Kier molecular flexibility index (Phi) is 5.59. The molecule has 0 radical (unpaired) electrons. The Balaban J connectivity index is 1.87. The minimum Gasteiger partial charge on any atom is -0.339 e. The van der Waals surface area contributed by atoms with Gasteiger partial charge >= 0.3 is 0 Å². The van der Waals surface area contributed by atoms with Gasteiger partial charge in [-0.25, -0.2) is 4.68 Å². The van der Waals surface area contributed by atoms with Gasteiger partial charge in [0.05, 0.1) is 17.2 Å². The molecule has 0 aliphatic rings. The molecule has 0 aliphatic carbocycles. The Bertz CT molecular complexity index is 622. The van der Waals surface area contributed by atoms with Crippen LogP contribution in [0.3, 0.4) is 0 Å². The van der Waals surface area contributed by atoms with Crippen molar-refractivity contribution in [1.29, 1.82) is 0 Å². The van der Waals surface area contributed by atoms with E-state index in [0.29, 0.717) is 29.7 Å². The summed E-state index contributed by atoms with van der Waals surface area (Å²) in [6, 6.07) is 1.99. The number of hydrogen-bond donors (Lipinski definition) is 1. The molecule has 1 amide bonds. The van der Waals surface area contributed by atoms with Crippen LogP contribution in [-0.2, 0) is 17.0 Å². The molecule has 0 spiro atoms. The third-order valence-electron chi connectivity index (χ3n) is 3.05. The predicted octanol–water partition coefficient (Wildman–Crippen LogP) is 2.67. The number of nitrogens with zero attached hydrogens (tertiary/aromatic N) is 4. The van der Waals surface area contributed by atoms with Crippen LogP contribution < -0.4 is 5.32 Å². The van der Waals surface area contributed by atoms with Crippen molar-refractivity contribution in [2.45, 2.75) is 51.2 Å². The monoisotopic (exact) mass is 323 g/mol. The molecule has 7 nitrogen and oxygen atoms in total. The first-order valence-electron chi connectivity index (χ1n) is 7.28. The fraction of sp³-hybridized carbons (Fsp3) is 0.571. The fourth-order valence-corrected chi connectivity index (χ4v) is 2.55. The summed E-state index contributed by atoms with van der Waals surface area (Å²) in [6.07, 6.45) is 2.39. The van der Waals surface area contributed by atoms with Crippen molar-refractivity contribution in [2.24, 2.45) is 0 Å². The summed E-state index contributed by atoms with van der Waals surface area (Å²) >= 11 is 1.47. The minimum absolute atomic E-state index is 0.0633. The maximum atomic E-state index is 12.2. The van der Waals surface area contributed by atoms with Gasteiger partial charge in [0.2, 0.25) is 11.8 Å². The molecule has 2 aromatic rings. The summed E-state index contributed by atoms with van der Waals surface area (Å²) in [4.78, 5) is 16.5. The first kappa shape index (κ1) is 16.5. The molecule has 2 heterocycles. The highest BCUT2D eigenvalue weighted by molar-refractivity contribution is 7.99. The van der Waals surface area contributed by atoms with Crippen LogP contribution in [-0.4, -0.2) is 31.1 Å². The number of nitrogens with one attached hydrogen (secondary N) is 1. The number of carbonyl (C=O) groups is 1. The van der Waals surface area contributed by atoms with Gasteiger partial charge in [0.15, 0.2) is 5.82 Å². The van der Waals surface area contributed by atoms with Crippen LogP contribution in [0.25, 0.3) is 0 Å². The van der Waals surface area contributed by atoms with Crippen molar-refractivity contribution in [3.63, 3.8) is 0 Å². The Morgan fingerprint density at radius 2 is 2.23 bits per heavy atom. The second-order valence-electron chi connectivity index (χ2n) is 5.16. The van der Waals surface area contributed by atoms with Gasteiger partial charge in [-0.3, -0.25) is 4.79 Å². The molecule has 1 N–H and O–H groups in total. The standard InChI is InChI=1S/C14H21N5O2S/c1-5-13-16-11(18-21-13)8-22-10(4)14(20)17-12-6-7-15-19(12)9(2)3/h6-7,9-10H,5,8H2,1-4H3,(H,17,20)/t10-/m0/s1. The highest BCUT2D eigenvalue weighted by Gasteiger charge is 2.17. The average Bonchev–Trinajstić information content (AvgIpc) is 3.13. The van der Waals surface area contributed by atoms with Crippen molar-refractivity contribution >= 4 is 23.5 Å². The number of aromatic nitrogens is 4. The largest absolute Gasteiger partial charge is 0.339 e. The second kappa shape index (κ2) is 7.44. The van der Waals surface area contributed by atoms with Crippen LogP contribution in [0.4, 0.5) is 5.82 Å². The lowest BCUT2D eigenvalue weighted by Crippen LogP contribution is -2.24. The molecular formula is C14H21N5O2S. The van der Waals surface area contributed by atoms with E-state index in [4.69, 9.17) is 4.52 Å². The molecule has 0 aromatic carbocycles. The van der Waals surface area contributed by atoms with Gasteiger partial charge in [0.25, 0.3) is 0 Å². The van der Waals surface area contributed by atoms with Crippen molar-refractivity contribution in [1.82, 2.24) is 19.9 Å². The van der Waals surface area contributed by atoms with Gasteiger partial charge in [-0.05, 0) is 20.8 Å². The molecule has 0 unspecified atom stereocenters. The molecule has 0 saturated carbocycles. The zero-order chi connectivity index (χ0) is 16.1. The zero-order valence-corrected chi connectivity index (χ0v) is 14.1. The maximum absolute atomic E-state index is 12.2. The van der Waals surface area contributed by atoms with Gasteiger partial charge in [0.1, 0.15) is 5.82 Å². The number of hydrogen-bond acceptors (Lipinski definition) is 6. The Hall–Kier alpha value is -1.83. The second-order valence-corrected chi connectivity index (χ2v) is 6.48. The minimum atomic E-state index is -0.223. The topological polar surface area (TPSA) is 85.8 Å². The number of anilines is 1. The molecule has 120 valence electrons. The SMILES string of the molecule is CCc1nc(CS[C@@H](C)C(=O)Nc2ccnn2C(C)C)no1. The van der Waals surface area contributed by atoms with E-state index in [1.807, 2.05) is 27.7 Å². The van der Waals surface area contributed by atoms with Crippen molar-refractivity contribution < 1.29 is 9.32 Å². The highest BCUT2D eigenvalue weighted by atomic mass is 32.2. The quantitative estimate of drug-likeness (QED) is 0.843. The smallest absolute Gasteiger partial charge is 0.238 e. The maximum Gasteiger partial charge on any atom is 0.238 e. The van der Waals surface area contributed by atoms with E-state index in [-0.39, 0.29) is 17.2 Å². The van der Waals surface area contributed by atoms with Crippen molar-refractivity contribution in [3.05, 3.63) is 24.0 Å². The zero-order valence-electron chi connectivity index (χ0n) is 13.2. The van der Waals surface area contributed by atoms with Crippen molar-refractivity contribution in [3.8, 4) is 0 Å². The highest BCUT2D eigenvalue weighted by Crippen LogP contribution is 2.19. The van der Waals surface area contributed by atoms with E-state index < -0.39 is 0 Å². The van der Waals surface area contributed by atoms with Crippen LogP contribution >= 0.6 is 11.8 Å². The molecule has 1 atom stereocenters. The van der Waals surface area contributed by atoms with Crippen LogP contribution in [0.15, 0.2) is 16.8 Å². The third kappa shape index (κ3) is 4.09. The van der Waals surface area contributed by atoms with Gasteiger partial charge in [-0.15, -0.1) is 11.8 Å². The van der Waals surface area contributed by atoms with E-state index in [1.165, 1.54) is 11.8 Å². The molecule has 8 heteroatoms. The summed E-state index contributed by atoms with van der Waals surface area (Å²) in [5.74, 6) is 2.43. The Morgan fingerprint density at radius 1 is 1.45 bits per heavy atom.